The molecule has 0 unspecified atom stereocenters. The smallest absolute Gasteiger partial charge is 0.270 e. The van der Waals surface area contributed by atoms with Crippen molar-refractivity contribution in [2.24, 2.45) is 5.16 Å². The number of oxime groups is 1. The van der Waals surface area contributed by atoms with E-state index in [2.05, 4.69) is 10.1 Å². The number of nitro benzene ring substituents is 1. The van der Waals surface area contributed by atoms with Crippen molar-refractivity contribution in [3.8, 4) is 11.5 Å². The van der Waals surface area contributed by atoms with Crippen molar-refractivity contribution in [3.05, 3.63) is 82.0 Å². The summed E-state index contributed by atoms with van der Waals surface area (Å²) in [5, 5.41) is 14.4. The van der Waals surface area contributed by atoms with Gasteiger partial charge in [0.2, 0.25) is 5.89 Å². The van der Waals surface area contributed by atoms with Crippen LogP contribution in [0.15, 0.2) is 64.4 Å². The van der Waals surface area contributed by atoms with Crippen molar-refractivity contribution in [1.29, 1.82) is 0 Å². The average Bonchev–Trinajstić information content (AvgIpc) is 3.08. The number of halogens is 1. The largest absolute Gasteiger partial charge is 0.444 e. The van der Waals surface area contributed by atoms with Crippen molar-refractivity contribution in [2.45, 2.75) is 6.61 Å². The van der Waals surface area contributed by atoms with Crippen LogP contribution >= 0.6 is 0 Å². The van der Waals surface area contributed by atoms with Gasteiger partial charge in [0.1, 0.15) is 17.8 Å². The minimum atomic E-state index is -0.485. The molecule has 0 atom stereocenters. The second-order valence-corrected chi connectivity index (χ2v) is 5.01. The minimum absolute atomic E-state index is 0.0276. The van der Waals surface area contributed by atoms with Gasteiger partial charge in [-0.1, -0.05) is 23.4 Å². The van der Waals surface area contributed by atoms with E-state index in [1.165, 1.54) is 36.7 Å². The number of nitro groups is 1. The number of non-ortho nitro benzene ring substituents is 1. The number of hydrogen-bond donors (Lipinski definition) is 0. The first-order chi connectivity index (χ1) is 12.1. The molecule has 0 bridgehead atoms. The fourth-order valence-electron chi connectivity index (χ4n) is 2.05. The molecule has 0 spiro atoms. The molecule has 0 saturated carbocycles. The third kappa shape index (κ3) is 4.25. The van der Waals surface area contributed by atoms with Gasteiger partial charge < -0.3 is 9.25 Å². The highest BCUT2D eigenvalue weighted by Gasteiger charge is 2.08. The van der Waals surface area contributed by atoms with E-state index >= 15 is 0 Å². The van der Waals surface area contributed by atoms with Gasteiger partial charge in [-0.25, -0.2) is 9.37 Å². The Morgan fingerprint density at radius 3 is 2.92 bits per heavy atom. The number of oxazole rings is 1. The Kier molecular flexibility index (Phi) is 4.79. The Morgan fingerprint density at radius 2 is 2.12 bits per heavy atom. The van der Waals surface area contributed by atoms with Crippen molar-refractivity contribution in [2.75, 3.05) is 0 Å². The zero-order chi connectivity index (χ0) is 17.6. The summed E-state index contributed by atoms with van der Waals surface area (Å²) >= 11 is 0. The van der Waals surface area contributed by atoms with Crippen LogP contribution in [0.25, 0.3) is 11.5 Å². The molecular weight excluding hydrogens is 329 g/mol. The quantitative estimate of drug-likeness (QED) is 0.385. The average molecular weight is 341 g/mol. The maximum absolute atomic E-state index is 13.2. The van der Waals surface area contributed by atoms with E-state index in [1.807, 2.05) is 0 Å². The maximum Gasteiger partial charge on any atom is 0.270 e. The molecule has 0 aliphatic heterocycles. The number of hydrogen-bond acceptors (Lipinski definition) is 6. The zero-order valence-electron chi connectivity index (χ0n) is 12.8. The van der Waals surface area contributed by atoms with E-state index in [4.69, 9.17) is 9.25 Å². The van der Waals surface area contributed by atoms with E-state index in [0.717, 1.165) is 0 Å². The molecule has 25 heavy (non-hydrogen) atoms. The molecule has 0 aliphatic rings. The lowest BCUT2D eigenvalue weighted by Gasteiger charge is -1.96. The fourth-order valence-corrected chi connectivity index (χ4v) is 2.05. The predicted octanol–water partition coefficient (Wildman–Crippen LogP) is 3.94. The number of benzene rings is 2. The van der Waals surface area contributed by atoms with Gasteiger partial charge in [-0.15, -0.1) is 0 Å². The monoisotopic (exact) mass is 341 g/mol. The Bertz CT molecular complexity index is 924. The highest BCUT2D eigenvalue weighted by Crippen LogP contribution is 2.19. The summed E-state index contributed by atoms with van der Waals surface area (Å²) in [5.41, 5.74) is 1.51. The Hall–Kier alpha value is -3.55. The van der Waals surface area contributed by atoms with Gasteiger partial charge >= 0.3 is 0 Å². The minimum Gasteiger partial charge on any atom is -0.444 e. The molecule has 0 saturated heterocycles. The predicted molar refractivity (Wildman–Crippen MR) is 87.4 cm³/mol. The Morgan fingerprint density at radius 1 is 1.28 bits per heavy atom. The first-order valence-corrected chi connectivity index (χ1v) is 7.22. The molecule has 0 aliphatic carbocycles. The normalized spacial score (nSPS) is 10.9. The molecule has 0 fully saturated rings. The Labute approximate surface area is 141 Å². The number of nitrogens with zero attached hydrogens (tertiary/aromatic N) is 3. The summed E-state index contributed by atoms with van der Waals surface area (Å²) in [4.78, 5) is 19.5. The first kappa shape index (κ1) is 16.3. The second kappa shape index (κ2) is 7.35. The topological polar surface area (TPSA) is 90.8 Å². The van der Waals surface area contributed by atoms with Crippen LogP contribution in [-0.2, 0) is 11.4 Å². The van der Waals surface area contributed by atoms with Gasteiger partial charge in [-0.2, -0.15) is 0 Å². The zero-order valence-corrected chi connectivity index (χ0v) is 12.8. The highest BCUT2D eigenvalue weighted by atomic mass is 19.1. The summed E-state index contributed by atoms with van der Waals surface area (Å²) in [7, 11) is 0. The van der Waals surface area contributed by atoms with Gasteiger partial charge in [0.05, 0.1) is 11.1 Å². The summed E-state index contributed by atoms with van der Waals surface area (Å²) in [5.74, 6) is -0.101. The van der Waals surface area contributed by atoms with Gasteiger partial charge in [-0.3, -0.25) is 10.1 Å². The van der Waals surface area contributed by atoms with Crippen LogP contribution in [0.5, 0.6) is 0 Å². The molecule has 0 radical (unpaired) electrons. The van der Waals surface area contributed by atoms with E-state index in [-0.39, 0.29) is 24.0 Å². The third-order valence-electron chi connectivity index (χ3n) is 3.19. The van der Waals surface area contributed by atoms with Crippen LogP contribution in [0.3, 0.4) is 0 Å². The SMILES string of the molecule is O=[N+]([O-])c1cccc(C=NOCc2coc(-c3cccc(F)c3)n2)c1. The Balaban J connectivity index is 1.59. The summed E-state index contributed by atoms with van der Waals surface area (Å²) in [6, 6.07) is 11.9. The van der Waals surface area contributed by atoms with Gasteiger partial charge in [0.25, 0.3) is 5.69 Å². The molecule has 7 nitrogen and oxygen atoms in total. The molecule has 2 aromatic carbocycles. The summed E-state index contributed by atoms with van der Waals surface area (Å²) in [6.07, 6.45) is 2.75. The number of aromatic nitrogens is 1. The summed E-state index contributed by atoms with van der Waals surface area (Å²) in [6.45, 7) is 0.0459. The van der Waals surface area contributed by atoms with Crippen molar-refractivity contribution in [3.63, 3.8) is 0 Å². The van der Waals surface area contributed by atoms with Gasteiger partial charge in [0.15, 0.2) is 6.61 Å². The van der Waals surface area contributed by atoms with E-state index in [9.17, 15) is 14.5 Å². The van der Waals surface area contributed by atoms with Crippen molar-refractivity contribution < 1.29 is 18.6 Å². The molecule has 3 aromatic rings. The maximum atomic E-state index is 13.2. The van der Waals surface area contributed by atoms with Crippen molar-refractivity contribution >= 4 is 11.9 Å². The summed E-state index contributed by atoms with van der Waals surface area (Å²) < 4.78 is 18.5. The van der Waals surface area contributed by atoms with Crippen LogP contribution < -0.4 is 0 Å². The highest BCUT2D eigenvalue weighted by molar-refractivity contribution is 5.80. The first-order valence-electron chi connectivity index (χ1n) is 7.22. The molecule has 0 N–H and O–H groups in total. The van der Waals surface area contributed by atoms with Crippen LogP contribution in [0.1, 0.15) is 11.3 Å². The molecular formula is C17H12FN3O4. The van der Waals surface area contributed by atoms with E-state index < -0.39 is 4.92 Å². The molecule has 8 heteroatoms. The van der Waals surface area contributed by atoms with Gasteiger partial charge in [-0.05, 0) is 18.2 Å². The van der Waals surface area contributed by atoms with E-state index in [0.29, 0.717) is 16.8 Å². The number of rotatable bonds is 6. The fraction of sp³-hybridized carbons (Fsp3) is 0.0588. The van der Waals surface area contributed by atoms with Crippen LogP contribution in [-0.4, -0.2) is 16.1 Å². The van der Waals surface area contributed by atoms with Crippen molar-refractivity contribution in [1.82, 2.24) is 4.98 Å². The van der Waals surface area contributed by atoms with Crippen LogP contribution in [0, 0.1) is 15.9 Å². The second-order valence-electron chi connectivity index (χ2n) is 5.01. The molecule has 1 heterocycles. The standard InChI is InChI=1S/C17H12FN3O4/c18-14-5-2-4-13(8-14)17-20-15(10-24-17)11-25-19-9-12-3-1-6-16(7-12)21(22)23/h1-10H,11H2. The lowest BCUT2D eigenvalue weighted by atomic mass is 10.2. The van der Waals surface area contributed by atoms with Crippen LogP contribution in [0.4, 0.5) is 10.1 Å². The molecule has 1 aromatic heterocycles. The molecule has 3 rings (SSSR count). The van der Waals surface area contributed by atoms with E-state index in [1.54, 1.807) is 24.3 Å². The lowest BCUT2D eigenvalue weighted by Crippen LogP contribution is -1.91. The third-order valence-corrected chi connectivity index (χ3v) is 3.19. The molecule has 126 valence electrons. The van der Waals surface area contributed by atoms with Gasteiger partial charge in [0, 0.05) is 23.3 Å². The lowest BCUT2D eigenvalue weighted by molar-refractivity contribution is -0.384. The molecule has 0 amide bonds. The van der Waals surface area contributed by atoms with Crippen LogP contribution in [0.2, 0.25) is 0 Å².